The van der Waals surface area contributed by atoms with Crippen LogP contribution in [-0.4, -0.2) is 28.0 Å². The van der Waals surface area contributed by atoms with Crippen LogP contribution in [0.15, 0.2) is 5.38 Å². The number of nitrogens with zero attached hydrogens (tertiary/aromatic N) is 3. The topological polar surface area (TPSA) is 55.0 Å². The van der Waals surface area contributed by atoms with Gasteiger partial charge in [0.2, 0.25) is 0 Å². The molecular weight excluding hydrogens is 288 g/mol. The molecule has 0 aromatic carbocycles. The van der Waals surface area contributed by atoms with Gasteiger partial charge in [-0.05, 0) is 31.8 Å². The van der Waals surface area contributed by atoms with Crippen LogP contribution >= 0.6 is 22.7 Å². The third-order valence-corrected chi connectivity index (χ3v) is 5.31. The predicted molar refractivity (Wildman–Crippen MR) is 86.2 cm³/mol. The van der Waals surface area contributed by atoms with Crippen LogP contribution in [0, 0.1) is 0 Å². The molecule has 0 bridgehead atoms. The molecule has 1 aliphatic rings. The van der Waals surface area contributed by atoms with E-state index >= 15 is 0 Å². The van der Waals surface area contributed by atoms with Crippen LogP contribution in [0.25, 0.3) is 10.6 Å². The Morgan fingerprint density at radius 3 is 2.65 bits per heavy atom. The largest absolute Gasteiger partial charge is 0.375 e. The number of rotatable bonds is 4. The molecule has 3 rings (SSSR count). The fourth-order valence-electron chi connectivity index (χ4n) is 2.54. The van der Waals surface area contributed by atoms with Crippen LogP contribution in [-0.2, 0) is 6.54 Å². The van der Waals surface area contributed by atoms with Crippen LogP contribution < -0.4 is 5.73 Å². The summed E-state index contributed by atoms with van der Waals surface area (Å²) in [6.07, 6.45) is 2.63. The van der Waals surface area contributed by atoms with E-state index in [1.807, 2.05) is 5.38 Å². The van der Waals surface area contributed by atoms with Crippen molar-refractivity contribution in [3.8, 4) is 10.6 Å². The normalized spacial score (nSPS) is 16.4. The van der Waals surface area contributed by atoms with Gasteiger partial charge in [0.15, 0.2) is 5.13 Å². The number of hydrogen-bond acceptors (Lipinski definition) is 6. The number of nitrogens with two attached hydrogens (primary N) is 1. The van der Waals surface area contributed by atoms with Gasteiger partial charge in [0.1, 0.15) is 5.01 Å². The molecule has 0 atom stereocenters. The molecule has 0 unspecified atom stereocenters. The molecule has 1 saturated heterocycles. The van der Waals surface area contributed by atoms with Crippen molar-refractivity contribution < 1.29 is 0 Å². The van der Waals surface area contributed by atoms with Crippen LogP contribution in [0.1, 0.15) is 43.3 Å². The Kier molecular flexibility index (Phi) is 4.05. The van der Waals surface area contributed by atoms with Crippen LogP contribution in [0.3, 0.4) is 0 Å². The highest BCUT2D eigenvalue weighted by atomic mass is 32.1. The van der Waals surface area contributed by atoms with Crippen molar-refractivity contribution >= 4 is 27.8 Å². The van der Waals surface area contributed by atoms with Gasteiger partial charge in [-0.3, -0.25) is 4.90 Å². The molecule has 3 heterocycles. The SMILES string of the molecule is CC(C)c1nc(CN2CCCC2)sc1-c1csc(N)n1. The van der Waals surface area contributed by atoms with Crippen molar-refractivity contribution in [3.63, 3.8) is 0 Å². The number of likely N-dealkylation sites (tertiary alicyclic amines) is 1. The second-order valence-corrected chi connectivity index (χ2v) is 7.50. The van der Waals surface area contributed by atoms with E-state index < -0.39 is 0 Å². The second kappa shape index (κ2) is 5.79. The highest BCUT2D eigenvalue weighted by Gasteiger charge is 2.20. The van der Waals surface area contributed by atoms with Gasteiger partial charge in [0.05, 0.1) is 22.8 Å². The summed E-state index contributed by atoms with van der Waals surface area (Å²) in [5.41, 5.74) is 7.91. The van der Waals surface area contributed by atoms with E-state index in [1.54, 1.807) is 11.3 Å². The van der Waals surface area contributed by atoms with Crippen molar-refractivity contribution in [2.45, 2.75) is 39.2 Å². The molecular formula is C14H20N4S2. The minimum Gasteiger partial charge on any atom is -0.375 e. The molecule has 0 aliphatic carbocycles. The van der Waals surface area contributed by atoms with E-state index in [2.05, 4.69) is 23.7 Å². The Balaban J connectivity index is 1.89. The highest BCUT2D eigenvalue weighted by molar-refractivity contribution is 7.16. The second-order valence-electron chi connectivity index (χ2n) is 5.53. The van der Waals surface area contributed by atoms with Crippen molar-refractivity contribution in [2.24, 2.45) is 0 Å². The molecule has 0 amide bonds. The molecule has 1 fully saturated rings. The molecule has 6 heteroatoms. The average Bonchev–Trinajstić information content (AvgIpc) is 3.09. The van der Waals surface area contributed by atoms with Gasteiger partial charge in [-0.1, -0.05) is 13.8 Å². The first-order valence-electron chi connectivity index (χ1n) is 7.07. The van der Waals surface area contributed by atoms with Crippen LogP contribution in [0.2, 0.25) is 0 Å². The minimum absolute atomic E-state index is 0.413. The van der Waals surface area contributed by atoms with Crippen molar-refractivity contribution in [2.75, 3.05) is 18.8 Å². The summed E-state index contributed by atoms with van der Waals surface area (Å²) >= 11 is 3.27. The van der Waals surface area contributed by atoms with Crippen LogP contribution in [0.5, 0.6) is 0 Å². The summed E-state index contributed by atoms with van der Waals surface area (Å²) < 4.78 is 0. The first kappa shape index (κ1) is 14.0. The van der Waals surface area contributed by atoms with Gasteiger partial charge in [-0.25, -0.2) is 9.97 Å². The van der Waals surface area contributed by atoms with Gasteiger partial charge in [0, 0.05) is 5.38 Å². The van der Waals surface area contributed by atoms with E-state index in [0.29, 0.717) is 11.0 Å². The lowest BCUT2D eigenvalue weighted by atomic mass is 10.1. The lowest BCUT2D eigenvalue weighted by molar-refractivity contribution is 0.330. The van der Waals surface area contributed by atoms with E-state index in [9.17, 15) is 0 Å². The molecule has 2 aromatic rings. The number of hydrogen-bond donors (Lipinski definition) is 1. The Morgan fingerprint density at radius 2 is 2.05 bits per heavy atom. The zero-order valence-corrected chi connectivity index (χ0v) is 13.6. The maximum atomic E-state index is 5.76. The van der Waals surface area contributed by atoms with Crippen molar-refractivity contribution in [1.82, 2.24) is 14.9 Å². The molecule has 0 radical (unpaired) electrons. The van der Waals surface area contributed by atoms with E-state index in [4.69, 9.17) is 10.7 Å². The lowest BCUT2D eigenvalue weighted by Crippen LogP contribution is -2.18. The van der Waals surface area contributed by atoms with Crippen LogP contribution in [0.4, 0.5) is 5.13 Å². The molecule has 4 nitrogen and oxygen atoms in total. The zero-order chi connectivity index (χ0) is 14.1. The molecule has 0 saturated carbocycles. The van der Waals surface area contributed by atoms with Gasteiger partial charge in [-0.2, -0.15) is 0 Å². The third kappa shape index (κ3) is 2.87. The zero-order valence-electron chi connectivity index (χ0n) is 11.9. The summed E-state index contributed by atoms with van der Waals surface area (Å²) in [7, 11) is 0. The van der Waals surface area contributed by atoms with Gasteiger partial charge < -0.3 is 5.73 Å². The fourth-order valence-corrected chi connectivity index (χ4v) is 4.39. The first-order chi connectivity index (χ1) is 9.63. The van der Waals surface area contributed by atoms with Crippen molar-refractivity contribution in [3.05, 3.63) is 16.1 Å². The van der Waals surface area contributed by atoms with Crippen molar-refractivity contribution in [1.29, 1.82) is 0 Å². The quantitative estimate of drug-likeness (QED) is 0.938. The minimum atomic E-state index is 0.413. The van der Waals surface area contributed by atoms with E-state index in [1.165, 1.54) is 47.2 Å². The van der Waals surface area contributed by atoms with Gasteiger partial charge >= 0.3 is 0 Å². The number of aromatic nitrogens is 2. The standard InChI is InChI=1S/C14H20N4S2/c1-9(2)12-13(10-8-19-14(15)16-10)20-11(17-12)7-18-5-3-4-6-18/h8-9H,3-7H2,1-2H3,(H2,15,16). The average molecular weight is 308 g/mol. The maximum absolute atomic E-state index is 5.76. The summed E-state index contributed by atoms with van der Waals surface area (Å²) in [6.45, 7) is 7.76. The summed E-state index contributed by atoms with van der Waals surface area (Å²) in [5, 5.41) is 3.87. The van der Waals surface area contributed by atoms with Gasteiger partial charge in [-0.15, -0.1) is 22.7 Å². The summed E-state index contributed by atoms with van der Waals surface area (Å²) in [5.74, 6) is 0.413. The molecule has 2 N–H and O–H groups in total. The van der Waals surface area contributed by atoms with E-state index in [0.717, 1.165) is 17.9 Å². The first-order valence-corrected chi connectivity index (χ1v) is 8.76. The summed E-state index contributed by atoms with van der Waals surface area (Å²) in [4.78, 5) is 13.0. The Hall–Kier alpha value is -0.980. The monoisotopic (exact) mass is 308 g/mol. The smallest absolute Gasteiger partial charge is 0.180 e. The molecule has 20 heavy (non-hydrogen) atoms. The molecule has 0 spiro atoms. The summed E-state index contributed by atoms with van der Waals surface area (Å²) in [6, 6.07) is 0. The number of thiazole rings is 2. The molecule has 108 valence electrons. The fraction of sp³-hybridized carbons (Fsp3) is 0.571. The number of anilines is 1. The Labute approximate surface area is 127 Å². The maximum Gasteiger partial charge on any atom is 0.180 e. The molecule has 1 aliphatic heterocycles. The van der Waals surface area contributed by atoms with Gasteiger partial charge in [0.25, 0.3) is 0 Å². The molecule has 2 aromatic heterocycles. The van der Waals surface area contributed by atoms with E-state index in [-0.39, 0.29) is 0 Å². The Bertz CT molecular complexity index is 582. The number of nitrogen functional groups attached to an aromatic ring is 1. The highest BCUT2D eigenvalue weighted by Crippen LogP contribution is 2.36. The third-order valence-electron chi connectivity index (χ3n) is 3.56. The lowest BCUT2D eigenvalue weighted by Gasteiger charge is -2.11. The predicted octanol–water partition coefficient (Wildman–Crippen LogP) is 3.57. The Morgan fingerprint density at radius 1 is 1.30 bits per heavy atom.